The summed E-state index contributed by atoms with van der Waals surface area (Å²) in [5, 5.41) is 0. The highest BCUT2D eigenvalue weighted by Crippen LogP contribution is 2.15. The largest absolute Gasteiger partial charge is 0.337 e. The summed E-state index contributed by atoms with van der Waals surface area (Å²) in [5.74, 6) is -0.167. The normalized spacial score (nSPS) is 11.2. The van der Waals surface area contributed by atoms with Gasteiger partial charge in [-0.15, -0.1) is 0 Å². The second kappa shape index (κ2) is 6.90. The highest BCUT2D eigenvalue weighted by atomic mass is 16.2. The highest BCUT2D eigenvalue weighted by molar-refractivity contribution is 6.03. The number of carbonyl (C=O) groups excluding carboxylic acids is 1. The molecule has 7 heteroatoms. The van der Waals surface area contributed by atoms with Gasteiger partial charge >= 0.3 is 5.69 Å². The number of rotatable bonds is 5. The maximum atomic E-state index is 12.7. The molecular weight excluding hydrogens is 318 g/mol. The third-order valence-electron chi connectivity index (χ3n) is 3.94. The standard InChI is InChI=1S/C18H21N5O2/c1-22(2)10-12-4-6-13(7-5-12)11-23(3)17(24)14-8-9-19-16-15(14)20-18(25)21-16/h4-9H,10-11H2,1-3H3,(H2,19,20,21,25). The molecule has 2 heterocycles. The fourth-order valence-electron chi connectivity index (χ4n) is 2.78. The van der Waals surface area contributed by atoms with Gasteiger partial charge in [0.25, 0.3) is 5.91 Å². The lowest BCUT2D eigenvalue weighted by Crippen LogP contribution is -2.26. The first-order valence-electron chi connectivity index (χ1n) is 7.99. The van der Waals surface area contributed by atoms with Gasteiger partial charge in [0.15, 0.2) is 5.65 Å². The van der Waals surface area contributed by atoms with Crippen molar-refractivity contribution < 1.29 is 4.79 Å². The summed E-state index contributed by atoms with van der Waals surface area (Å²) < 4.78 is 0. The van der Waals surface area contributed by atoms with Gasteiger partial charge in [-0.2, -0.15) is 0 Å². The molecule has 0 aliphatic rings. The Bertz CT molecular complexity index is 940. The van der Waals surface area contributed by atoms with Gasteiger partial charge in [0.1, 0.15) is 0 Å². The lowest BCUT2D eigenvalue weighted by atomic mass is 10.1. The van der Waals surface area contributed by atoms with E-state index in [2.05, 4.69) is 32.0 Å². The molecule has 0 saturated carbocycles. The number of aromatic amines is 2. The van der Waals surface area contributed by atoms with Crippen molar-refractivity contribution in [2.45, 2.75) is 13.1 Å². The van der Waals surface area contributed by atoms with Crippen LogP contribution in [-0.2, 0) is 13.1 Å². The Labute approximate surface area is 145 Å². The summed E-state index contributed by atoms with van der Waals surface area (Å²) in [4.78, 5) is 37.2. The lowest BCUT2D eigenvalue weighted by molar-refractivity contribution is 0.0787. The number of benzene rings is 1. The van der Waals surface area contributed by atoms with E-state index in [0.717, 1.165) is 12.1 Å². The predicted octanol–water partition coefficient (Wildman–Crippen LogP) is 1.58. The number of nitrogens with one attached hydrogen (secondary N) is 2. The Hall–Kier alpha value is -2.93. The SMILES string of the molecule is CN(C)Cc1ccc(CN(C)C(=O)c2ccnc3[nH]c(=O)[nH]c23)cc1. The molecule has 1 amide bonds. The molecule has 0 fully saturated rings. The van der Waals surface area contributed by atoms with Gasteiger partial charge in [0, 0.05) is 26.3 Å². The molecule has 2 N–H and O–H groups in total. The molecule has 0 aliphatic heterocycles. The van der Waals surface area contributed by atoms with Gasteiger partial charge in [0.2, 0.25) is 0 Å². The maximum absolute atomic E-state index is 12.7. The molecule has 0 atom stereocenters. The fourth-order valence-corrected chi connectivity index (χ4v) is 2.78. The molecule has 0 spiro atoms. The van der Waals surface area contributed by atoms with E-state index in [-0.39, 0.29) is 11.6 Å². The number of fused-ring (bicyclic) bond motifs is 1. The number of H-pyrrole nitrogens is 2. The van der Waals surface area contributed by atoms with E-state index in [4.69, 9.17) is 0 Å². The van der Waals surface area contributed by atoms with Crippen LogP contribution in [0.2, 0.25) is 0 Å². The van der Waals surface area contributed by atoms with Crippen LogP contribution in [0.4, 0.5) is 0 Å². The van der Waals surface area contributed by atoms with Gasteiger partial charge in [-0.05, 0) is 31.3 Å². The van der Waals surface area contributed by atoms with E-state index in [0.29, 0.717) is 23.3 Å². The Kier molecular flexibility index (Phi) is 4.67. The van der Waals surface area contributed by atoms with Crippen LogP contribution in [0.1, 0.15) is 21.5 Å². The minimum atomic E-state index is -0.373. The third-order valence-corrected chi connectivity index (χ3v) is 3.94. The Morgan fingerprint density at radius 2 is 1.64 bits per heavy atom. The third kappa shape index (κ3) is 3.77. The van der Waals surface area contributed by atoms with Crippen molar-refractivity contribution in [2.75, 3.05) is 21.1 Å². The van der Waals surface area contributed by atoms with E-state index in [9.17, 15) is 9.59 Å². The van der Waals surface area contributed by atoms with E-state index < -0.39 is 0 Å². The predicted molar refractivity (Wildman–Crippen MR) is 96.3 cm³/mol. The molecule has 0 radical (unpaired) electrons. The topological polar surface area (TPSA) is 85.1 Å². The molecule has 2 aromatic heterocycles. The number of pyridine rings is 1. The second-order valence-electron chi connectivity index (χ2n) is 6.38. The first-order valence-corrected chi connectivity index (χ1v) is 7.99. The molecule has 0 aliphatic carbocycles. The molecule has 0 unspecified atom stereocenters. The number of nitrogens with zero attached hydrogens (tertiary/aromatic N) is 3. The Morgan fingerprint density at radius 1 is 1.00 bits per heavy atom. The number of amides is 1. The van der Waals surface area contributed by atoms with Crippen molar-refractivity contribution in [1.82, 2.24) is 24.8 Å². The fraction of sp³-hybridized carbons (Fsp3) is 0.278. The minimum Gasteiger partial charge on any atom is -0.337 e. The number of hydrogen-bond donors (Lipinski definition) is 2. The molecule has 3 aromatic rings. The molecule has 7 nitrogen and oxygen atoms in total. The van der Waals surface area contributed by atoms with Crippen LogP contribution in [-0.4, -0.2) is 51.8 Å². The molecular formula is C18H21N5O2. The maximum Gasteiger partial charge on any atom is 0.325 e. The van der Waals surface area contributed by atoms with Crippen LogP contribution in [0.15, 0.2) is 41.3 Å². The van der Waals surface area contributed by atoms with E-state index in [1.165, 1.54) is 11.8 Å². The zero-order valence-corrected chi connectivity index (χ0v) is 14.5. The van der Waals surface area contributed by atoms with Crippen LogP contribution < -0.4 is 5.69 Å². The van der Waals surface area contributed by atoms with Gasteiger partial charge in [-0.25, -0.2) is 9.78 Å². The van der Waals surface area contributed by atoms with Crippen molar-refractivity contribution in [3.8, 4) is 0 Å². The van der Waals surface area contributed by atoms with Crippen LogP contribution in [0.3, 0.4) is 0 Å². The number of aromatic nitrogens is 3. The van der Waals surface area contributed by atoms with Crippen LogP contribution in [0.5, 0.6) is 0 Å². The number of imidazole rings is 1. The molecule has 25 heavy (non-hydrogen) atoms. The van der Waals surface area contributed by atoms with Crippen molar-refractivity contribution in [2.24, 2.45) is 0 Å². The molecule has 1 aromatic carbocycles. The minimum absolute atomic E-state index is 0.167. The summed E-state index contributed by atoms with van der Waals surface area (Å²) in [7, 11) is 5.80. The Balaban J connectivity index is 1.77. The lowest BCUT2D eigenvalue weighted by Gasteiger charge is -2.18. The summed E-state index contributed by atoms with van der Waals surface area (Å²) in [6, 6.07) is 9.82. The van der Waals surface area contributed by atoms with Gasteiger partial charge in [-0.1, -0.05) is 24.3 Å². The summed E-state index contributed by atoms with van der Waals surface area (Å²) in [6.45, 7) is 1.37. The second-order valence-corrected chi connectivity index (χ2v) is 6.38. The molecule has 130 valence electrons. The molecule has 0 bridgehead atoms. The zero-order chi connectivity index (χ0) is 18.0. The van der Waals surface area contributed by atoms with E-state index >= 15 is 0 Å². The first-order chi connectivity index (χ1) is 11.9. The van der Waals surface area contributed by atoms with Crippen LogP contribution >= 0.6 is 0 Å². The summed E-state index contributed by atoms with van der Waals surface area (Å²) in [5.41, 5.74) is 3.15. The summed E-state index contributed by atoms with van der Waals surface area (Å²) in [6.07, 6.45) is 1.52. The van der Waals surface area contributed by atoms with Gasteiger partial charge in [-0.3, -0.25) is 9.78 Å². The Morgan fingerprint density at radius 3 is 2.28 bits per heavy atom. The van der Waals surface area contributed by atoms with Crippen molar-refractivity contribution in [1.29, 1.82) is 0 Å². The van der Waals surface area contributed by atoms with Crippen molar-refractivity contribution in [3.63, 3.8) is 0 Å². The van der Waals surface area contributed by atoms with Crippen LogP contribution in [0.25, 0.3) is 11.2 Å². The van der Waals surface area contributed by atoms with E-state index in [1.54, 1.807) is 18.0 Å². The monoisotopic (exact) mass is 339 g/mol. The smallest absolute Gasteiger partial charge is 0.325 e. The van der Waals surface area contributed by atoms with Crippen LogP contribution in [0, 0.1) is 0 Å². The number of carbonyl (C=O) groups is 1. The molecule has 0 saturated heterocycles. The average Bonchev–Trinajstić information content (AvgIpc) is 2.95. The van der Waals surface area contributed by atoms with Crippen molar-refractivity contribution in [3.05, 3.63) is 63.7 Å². The van der Waals surface area contributed by atoms with Gasteiger partial charge in [0.05, 0.1) is 11.1 Å². The first kappa shape index (κ1) is 16.9. The molecule has 3 rings (SSSR count). The van der Waals surface area contributed by atoms with Gasteiger partial charge < -0.3 is 14.8 Å². The number of hydrogen-bond acceptors (Lipinski definition) is 4. The quantitative estimate of drug-likeness (QED) is 0.739. The summed E-state index contributed by atoms with van der Waals surface area (Å²) >= 11 is 0. The highest BCUT2D eigenvalue weighted by Gasteiger charge is 2.17. The average molecular weight is 339 g/mol. The van der Waals surface area contributed by atoms with E-state index in [1.807, 2.05) is 26.2 Å². The van der Waals surface area contributed by atoms with Crippen molar-refractivity contribution >= 4 is 17.1 Å². The zero-order valence-electron chi connectivity index (χ0n) is 14.5.